The van der Waals surface area contributed by atoms with Crippen LogP contribution in [0, 0.1) is 5.82 Å². The number of halogens is 2. The molecule has 0 spiro atoms. The number of oxime groups is 1. The second-order valence-corrected chi connectivity index (χ2v) is 4.84. The Morgan fingerprint density at radius 2 is 2.05 bits per heavy atom. The highest BCUT2D eigenvalue weighted by molar-refractivity contribution is 6.30. The van der Waals surface area contributed by atoms with Crippen LogP contribution in [0.4, 0.5) is 4.39 Å². The molecule has 0 fully saturated rings. The highest BCUT2D eigenvalue weighted by atomic mass is 35.5. The molecule has 0 aliphatic heterocycles. The van der Waals surface area contributed by atoms with Crippen LogP contribution in [0.2, 0.25) is 5.02 Å². The van der Waals surface area contributed by atoms with Gasteiger partial charge >= 0.3 is 0 Å². The van der Waals surface area contributed by atoms with Crippen molar-refractivity contribution in [2.24, 2.45) is 5.16 Å². The monoisotopic (exact) mass is 307 g/mol. The van der Waals surface area contributed by atoms with E-state index in [2.05, 4.69) is 5.16 Å². The van der Waals surface area contributed by atoms with Gasteiger partial charge in [-0.05, 0) is 36.2 Å². The standard InChI is InChI=1S/C16H15ClFNO2/c1-2-15(19-20)12-5-3-4-6-16(12)21-10-11-7-8-13(17)14(18)9-11/h3-9,20H,2,10H2,1H3/b19-15-. The summed E-state index contributed by atoms with van der Waals surface area (Å²) in [6, 6.07) is 11.8. The van der Waals surface area contributed by atoms with Gasteiger partial charge in [0.05, 0.1) is 10.7 Å². The highest BCUT2D eigenvalue weighted by Gasteiger charge is 2.10. The lowest BCUT2D eigenvalue weighted by molar-refractivity contribution is 0.302. The summed E-state index contributed by atoms with van der Waals surface area (Å²) in [5.74, 6) is 0.111. The molecule has 5 heteroatoms. The number of para-hydroxylation sites is 1. The van der Waals surface area contributed by atoms with E-state index < -0.39 is 5.82 Å². The van der Waals surface area contributed by atoms with Crippen molar-refractivity contribution < 1.29 is 14.3 Å². The molecule has 2 aromatic rings. The fourth-order valence-electron chi connectivity index (χ4n) is 1.94. The van der Waals surface area contributed by atoms with Gasteiger partial charge in [0.25, 0.3) is 0 Å². The summed E-state index contributed by atoms with van der Waals surface area (Å²) in [5, 5.41) is 12.4. The lowest BCUT2D eigenvalue weighted by atomic mass is 10.1. The van der Waals surface area contributed by atoms with Crippen LogP contribution >= 0.6 is 11.6 Å². The minimum absolute atomic E-state index is 0.0832. The lowest BCUT2D eigenvalue weighted by Gasteiger charge is -2.12. The normalized spacial score (nSPS) is 11.5. The summed E-state index contributed by atoms with van der Waals surface area (Å²) in [5.41, 5.74) is 1.93. The molecule has 110 valence electrons. The van der Waals surface area contributed by atoms with Crippen LogP contribution in [0.3, 0.4) is 0 Å². The fraction of sp³-hybridized carbons (Fsp3) is 0.188. The van der Waals surface area contributed by atoms with E-state index in [-0.39, 0.29) is 11.6 Å². The van der Waals surface area contributed by atoms with Gasteiger partial charge in [-0.25, -0.2) is 4.39 Å². The summed E-state index contributed by atoms with van der Waals surface area (Å²) in [7, 11) is 0. The molecule has 0 unspecified atom stereocenters. The van der Waals surface area contributed by atoms with Crippen molar-refractivity contribution in [2.75, 3.05) is 0 Å². The van der Waals surface area contributed by atoms with Crippen LogP contribution in [0.15, 0.2) is 47.6 Å². The minimum atomic E-state index is -0.475. The molecular weight excluding hydrogens is 293 g/mol. The average molecular weight is 308 g/mol. The zero-order valence-corrected chi connectivity index (χ0v) is 12.3. The second kappa shape index (κ2) is 7.09. The number of rotatable bonds is 5. The molecule has 0 heterocycles. The molecule has 0 radical (unpaired) electrons. The van der Waals surface area contributed by atoms with Crippen molar-refractivity contribution in [3.8, 4) is 5.75 Å². The summed E-state index contributed by atoms with van der Waals surface area (Å²) < 4.78 is 19.1. The van der Waals surface area contributed by atoms with E-state index in [1.807, 2.05) is 25.1 Å². The Morgan fingerprint density at radius 3 is 2.71 bits per heavy atom. The predicted molar refractivity (Wildman–Crippen MR) is 80.8 cm³/mol. The van der Waals surface area contributed by atoms with Crippen LogP contribution < -0.4 is 4.74 Å². The van der Waals surface area contributed by atoms with E-state index in [9.17, 15) is 4.39 Å². The molecule has 2 aromatic carbocycles. The molecule has 21 heavy (non-hydrogen) atoms. The molecule has 0 aliphatic rings. The Balaban J connectivity index is 2.18. The van der Waals surface area contributed by atoms with Gasteiger partial charge < -0.3 is 9.94 Å². The van der Waals surface area contributed by atoms with Crippen LogP contribution in [0.25, 0.3) is 0 Å². The number of benzene rings is 2. The van der Waals surface area contributed by atoms with Gasteiger partial charge in [-0.15, -0.1) is 0 Å². The van der Waals surface area contributed by atoms with Crippen molar-refractivity contribution in [3.05, 3.63) is 64.4 Å². The Labute approximate surface area is 127 Å². The maximum atomic E-state index is 13.4. The molecular formula is C16H15ClFNO2. The summed E-state index contributed by atoms with van der Waals surface area (Å²) in [6.45, 7) is 2.09. The molecule has 2 rings (SSSR count). The van der Waals surface area contributed by atoms with Crippen molar-refractivity contribution in [3.63, 3.8) is 0 Å². The molecule has 0 saturated carbocycles. The van der Waals surface area contributed by atoms with E-state index >= 15 is 0 Å². The summed E-state index contributed by atoms with van der Waals surface area (Å²) in [4.78, 5) is 0. The van der Waals surface area contributed by atoms with E-state index in [0.717, 1.165) is 5.56 Å². The van der Waals surface area contributed by atoms with E-state index in [1.165, 1.54) is 12.1 Å². The number of nitrogens with zero attached hydrogens (tertiary/aromatic N) is 1. The Bertz CT molecular complexity index is 658. The van der Waals surface area contributed by atoms with Crippen LogP contribution in [-0.4, -0.2) is 10.9 Å². The second-order valence-electron chi connectivity index (χ2n) is 4.43. The third-order valence-corrected chi connectivity index (χ3v) is 3.34. The topological polar surface area (TPSA) is 41.8 Å². The molecule has 0 aromatic heterocycles. The third kappa shape index (κ3) is 3.73. The highest BCUT2D eigenvalue weighted by Crippen LogP contribution is 2.22. The molecule has 0 aliphatic carbocycles. The van der Waals surface area contributed by atoms with Gasteiger partial charge in [0, 0.05) is 5.56 Å². The third-order valence-electron chi connectivity index (χ3n) is 3.03. The van der Waals surface area contributed by atoms with Crippen LogP contribution in [0.1, 0.15) is 24.5 Å². The molecule has 0 saturated heterocycles. The first-order valence-electron chi connectivity index (χ1n) is 6.52. The fourth-order valence-corrected chi connectivity index (χ4v) is 2.05. The van der Waals surface area contributed by atoms with Gasteiger partial charge in [-0.2, -0.15) is 0 Å². The van der Waals surface area contributed by atoms with E-state index in [4.69, 9.17) is 21.5 Å². The zero-order valence-electron chi connectivity index (χ0n) is 11.5. The Hall–Kier alpha value is -2.07. The molecule has 0 amide bonds. The van der Waals surface area contributed by atoms with E-state index in [0.29, 0.717) is 23.4 Å². The molecule has 3 nitrogen and oxygen atoms in total. The number of ether oxygens (including phenoxy) is 1. The quantitative estimate of drug-likeness (QED) is 0.496. The van der Waals surface area contributed by atoms with Gasteiger partial charge in [-0.1, -0.05) is 41.9 Å². The zero-order chi connectivity index (χ0) is 15.2. The van der Waals surface area contributed by atoms with Gasteiger partial charge in [0.15, 0.2) is 0 Å². The van der Waals surface area contributed by atoms with Gasteiger partial charge in [0.2, 0.25) is 0 Å². The van der Waals surface area contributed by atoms with Gasteiger partial charge in [0.1, 0.15) is 18.2 Å². The first kappa shape index (κ1) is 15.3. The van der Waals surface area contributed by atoms with Crippen LogP contribution in [0.5, 0.6) is 5.75 Å². The maximum Gasteiger partial charge on any atom is 0.142 e. The first-order valence-corrected chi connectivity index (χ1v) is 6.90. The first-order chi connectivity index (χ1) is 10.2. The summed E-state index contributed by atoms with van der Waals surface area (Å²) in [6.07, 6.45) is 0.576. The number of hydrogen-bond donors (Lipinski definition) is 1. The largest absolute Gasteiger partial charge is 0.488 e. The van der Waals surface area contributed by atoms with Crippen LogP contribution in [-0.2, 0) is 6.61 Å². The SMILES string of the molecule is CC/C(=N/O)c1ccccc1OCc1ccc(Cl)c(F)c1. The molecule has 0 atom stereocenters. The van der Waals surface area contributed by atoms with Gasteiger partial charge in [-0.3, -0.25) is 0 Å². The smallest absolute Gasteiger partial charge is 0.142 e. The number of hydrogen-bond acceptors (Lipinski definition) is 3. The Kier molecular flexibility index (Phi) is 5.17. The Morgan fingerprint density at radius 1 is 1.29 bits per heavy atom. The van der Waals surface area contributed by atoms with Crippen molar-refractivity contribution in [1.29, 1.82) is 0 Å². The molecule has 0 bridgehead atoms. The van der Waals surface area contributed by atoms with E-state index in [1.54, 1.807) is 12.1 Å². The maximum absolute atomic E-state index is 13.4. The minimum Gasteiger partial charge on any atom is -0.488 e. The van der Waals surface area contributed by atoms with Crippen molar-refractivity contribution >= 4 is 17.3 Å². The summed E-state index contributed by atoms with van der Waals surface area (Å²) >= 11 is 5.64. The van der Waals surface area contributed by atoms with Crippen molar-refractivity contribution in [2.45, 2.75) is 20.0 Å². The predicted octanol–water partition coefficient (Wildman–Crippen LogP) is 4.65. The lowest BCUT2D eigenvalue weighted by Crippen LogP contribution is -2.04. The molecule has 1 N–H and O–H groups in total. The average Bonchev–Trinajstić information content (AvgIpc) is 2.51. The van der Waals surface area contributed by atoms with Crippen molar-refractivity contribution in [1.82, 2.24) is 0 Å².